The number of carbonyl (C=O) groups is 1. The summed E-state index contributed by atoms with van der Waals surface area (Å²) in [5.41, 5.74) is 0. The number of carbonyl (C=O) groups excluding carboxylic acids is 1. The largest absolute Gasteiger partial charge is 0.333 e. The highest BCUT2D eigenvalue weighted by Gasteiger charge is 2.25. The monoisotopic (exact) mass is 325 g/mol. The van der Waals surface area contributed by atoms with Gasteiger partial charge in [-0.1, -0.05) is 6.92 Å². The lowest BCUT2D eigenvalue weighted by molar-refractivity contribution is 0.0660. The molecule has 1 N–H and O–H groups in total. The van der Waals surface area contributed by atoms with Gasteiger partial charge >= 0.3 is 0 Å². The molecule has 0 unspecified atom stereocenters. The van der Waals surface area contributed by atoms with E-state index in [1.807, 2.05) is 4.90 Å². The SMILES string of the molecule is CCCc1ncc(C(=O)N2CCNC[C@H]2C)s1.Cl.Cl. The number of nitrogens with zero attached hydrogens (tertiary/aromatic N) is 2. The molecule has 0 radical (unpaired) electrons. The number of nitrogens with one attached hydrogen (secondary N) is 1. The molecule has 1 aliphatic heterocycles. The molecule has 1 aromatic rings. The van der Waals surface area contributed by atoms with Crippen LogP contribution in [-0.2, 0) is 6.42 Å². The second-order valence-corrected chi connectivity index (χ2v) is 5.54. The van der Waals surface area contributed by atoms with Crippen LogP contribution in [0.1, 0.15) is 34.9 Å². The highest BCUT2D eigenvalue weighted by molar-refractivity contribution is 7.13. The van der Waals surface area contributed by atoms with Gasteiger partial charge in [-0.3, -0.25) is 4.79 Å². The Balaban J connectivity index is 0.00000162. The van der Waals surface area contributed by atoms with E-state index >= 15 is 0 Å². The van der Waals surface area contributed by atoms with E-state index in [-0.39, 0.29) is 36.8 Å². The summed E-state index contributed by atoms with van der Waals surface area (Å²) in [6.07, 6.45) is 3.77. The molecule has 0 saturated carbocycles. The van der Waals surface area contributed by atoms with Crippen LogP contribution in [-0.4, -0.2) is 41.5 Å². The topological polar surface area (TPSA) is 45.2 Å². The van der Waals surface area contributed by atoms with Crippen LogP contribution in [0.3, 0.4) is 0 Å². The number of aromatic nitrogens is 1. The van der Waals surface area contributed by atoms with Crippen molar-refractivity contribution >= 4 is 42.1 Å². The van der Waals surface area contributed by atoms with Gasteiger partial charge in [0.1, 0.15) is 4.88 Å². The summed E-state index contributed by atoms with van der Waals surface area (Å²) in [4.78, 5) is 19.3. The molecule has 1 aliphatic rings. The third kappa shape index (κ3) is 4.60. The summed E-state index contributed by atoms with van der Waals surface area (Å²) in [7, 11) is 0. The van der Waals surface area contributed by atoms with Crippen molar-refractivity contribution in [3.63, 3.8) is 0 Å². The minimum atomic E-state index is 0. The molecule has 1 aromatic heterocycles. The summed E-state index contributed by atoms with van der Waals surface area (Å²) < 4.78 is 0. The number of amides is 1. The number of hydrogen-bond donors (Lipinski definition) is 1. The predicted molar refractivity (Wildman–Crippen MR) is 84.0 cm³/mol. The van der Waals surface area contributed by atoms with E-state index in [0.717, 1.165) is 42.4 Å². The molecule has 7 heteroatoms. The van der Waals surface area contributed by atoms with Gasteiger partial charge < -0.3 is 10.2 Å². The van der Waals surface area contributed by atoms with Crippen molar-refractivity contribution in [2.24, 2.45) is 0 Å². The molecule has 0 bridgehead atoms. The number of aryl methyl sites for hydroxylation is 1. The van der Waals surface area contributed by atoms with Crippen LogP contribution in [0.4, 0.5) is 0 Å². The van der Waals surface area contributed by atoms with Crippen molar-refractivity contribution in [1.82, 2.24) is 15.2 Å². The zero-order valence-corrected chi connectivity index (χ0v) is 13.7. The Bertz CT molecular complexity index is 400. The quantitative estimate of drug-likeness (QED) is 0.928. The maximum Gasteiger partial charge on any atom is 0.265 e. The van der Waals surface area contributed by atoms with Crippen LogP contribution < -0.4 is 5.32 Å². The second kappa shape index (κ2) is 8.74. The minimum Gasteiger partial charge on any atom is -0.333 e. The van der Waals surface area contributed by atoms with Gasteiger partial charge in [0.05, 0.1) is 11.2 Å². The first-order valence-electron chi connectivity index (χ1n) is 6.18. The van der Waals surface area contributed by atoms with E-state index < -0.39 is 0 Å². The number of halogens is 2. The molecule has 0 spiro atoms. The van der Waals surface area contributed by atoms with Gasteiger partial charge in [0, 0.05) is 25.7 Å². The summed E-state index contributed by atoms with van der Waals surface area (Å²) in [5, 5.41) is 4.36. The third-order valence-corrected chi connectivity index (χ3v) is 4.04. The van der Waals surface area contributed by atoms with Crippen LogP contribution in [0.2, 0.25) is 0 Å². The number of thiazole rings is 1. The first-order chi connectivity index (χ1) is 8.22. The van der Waals surface area contributed by atoms with Gasteiger partial charge in [0.2, 0.25) is 0 Å². The summed E-state index contributed by atoms with van der Waals surface area (Å²) in [6, 6.07) is 0.271. The molecule has 110 valence electrons. The molecule has 2 rings (SSSR count). The van der Waals surface area contributed by atoms with Crippen LogP contribution in [0, 0.1) is 0 Å². The van der Waals surface area contributed by atoms with Crippen molar-refractivity contribution in [1.29, 1.82) is 0 Å². The molecule has 0 aliphatic carbocycles. The molecule has 4 nitrogen and oxygen atoms in total. The minimum absolute atomic E-state index is 0. The van der Waals surface area contributed by atoms with Crippen LogP contribution in [0.5, 0.6) is 0 Å². The van der Waals surface area contributed by atoms with Gasteiger partial charge in [-0.15, -0.1) is 36.2 Å². The van der Waals surface area contributed by atoms with Crippen LogP contribution in [0.25, 0.3) is 0 Å². The van der Waals surface area contributed by atoms with Gasteiger partial charge in [-0.05, 0) is 19.8 Å². The fraction of sp³-hybridized carbons (Fsp3) is 0.667. The average molecular weight is 326 g/mol. The fourth-order valence-electron chi connectivity index (χ4n) is 2.02. The molecule has 19 heavy (non-hydrogen) atoms. The summed E-state index contributed by atoms with van der Waals surface area (Å²) in [5.74, 6) is 0.138. The molecular formula is C12H21Cl2N3OS. The standard InChI is InChI=1S/C12H19N3OS.2ClH/c1-3-4-11-14-8-10(17-11)12(16)15-6-5-13-7-9(15)2;;/h8-9,13H,3-7H2,1-2H3;2*1H/t9-;;/m1../s1. The van der Waals surface area contributed by atoms with E-state index in [0.29, 0.717) is 0 Å². The molecule has 1 fully saturated rings. The van der Waals surface area contributed by atoms with Gasteiger partial charge in [0.15, 0.2) is 0 Å². The fourth-order valence-corrected chi connectivity index (χ4v) is 3.00. The zero-order chi connectivity index (χ0) is 12.3. The maximum absolute atomic E-state index is 12.3. The number of rotatable bonds is 3. The Morgan fingerprint density at radius 1 is 1.58 bits per heavy atom. The van der Waals surface area contributed by atoms with Gasteiger partial charge in [-0.25, -0.2) is 4.98 Å². The van der Waals surface area contributed by atoms with E-state index in [1.54, 1.807) is 6.20 Å². The first kappa shape index (κ1) is 18.6. The molecule has 0 aromatic carbocycles. The Morgan fingerprint density at radius 3 is 2.95 bits per heavy atom. The van der Waals surface area contributed by atoms with Crippen molar-refractivity contribution in [2.45, 2.75) is 32.7 Å². The normalized spacial score (nSPS) is 18.4. The van der Waals surface area contributed by atoms with Crippen molar-refractivity contribution < 1.29 is 4.79 Å². The second-order valence-electron chi connectivity index (χ2n) is 4.42. The zero-order valence-electron chi connectivity index (χ0n) is 11.2. The van der Waals surface area contributed by atoms with Crippen molar-refractivity contribution in [3.8, 4) is 0 Å². The third-order valence-electron chi connectivity index (χ3n) is 2.99. The lowest BCUT2D eigenvalue weighted by atomic mass is 10.2. The molecule has 1 atom stereocenters. The lowest BCUT2D eigenvalue weighted by Gasteiger charge is -2.33. The molecule has 1 amide bonds. The van der Waals surface area contributed by atoms with Gasteiger partial charge in [-0.2, -0.15) is 0 Å². The summed E-state index contributed by atoms with van der Waals surface area (Å²) in [6.45, 7) is 6.77. The van der Waals surface area contributed by atoms with E-state index in [2.05, 4.69) is 24.1 Å². The Labute approximate surface area is 130 Å². The average Bonchev–Trinajstić information content (AvgIpc) is 2.78. The van der Waals surface area contributed by atoms with Crippen LogP contribution in [0.15, 0.2) is 6.20 Å². The highest BCUT2D eigenvalue weighted by atomic mass is 35.5. The van der Waals surface area contributed by atoms with E-state index in [1.165, 1.54) is 11.3 Å². The highest BCUT2D eigenvalue weighted by Crippen LogP contribution is 2.18. The molecular weight excluding hydrogens is 305 g/mol. The Morgan fingerprint density at radius 2 is 2.32 bits per heavy atom. The predicted octanol–water partition coefficient (Wildman–Crippen LogP) is 2.37. The molecule has 1 saturated heterocycles. The van der Waals surface area contributed by atoms with Crippen molar-refractivity contribution in [3.05, 3.63) is 16.1 Å². The van der Waals surface area contributed by atoms with Gasteiger partial charge in [0.25, 0.3) is 5.91 Å². The lowest BCUT2D eigenvalue weighted by Crippen LogP contribution is -2.52. The molecule has 2 heterocycles. The van der Waals surface area contributed by atoms with Crippen molar-refractivity contribution in [2.75, 3.05) is 19.6 Å². The maximum atomic E-state index is 12.3. The van der Waals surface area contributed by atoms with E-state index in [4.69, 9.17) is 0 Å². The van der Waals surface area contributed by atoms with Crippen LogP contribution >= 0.6 is 36.2 Å². The Kier molecular flexibility index (Phi) is 8.57. The summed E-state index contributed by atoms with van der Waals surface area (Å²) >= 11 is 1.54. The number of piperazine rings is 1. The Hall–Kier alpha value is -0.360. The van der Waals surface area contributed by atoms with E-state index in [9.17, 15) is 4.79 Å². The first-order valence-corrected chi connectivity index (χ1v) is 7.00. The number of hydrogen-bond acceptors (Lipinski definition) is 4. The smallest absolute Gasteiger partial charge is 0.265 e.